The Morgan fingerprint density at radius 1 is 1.43 bits per heavy atom. The van der Waals surface area contributed by atoms with Gasteiger partial charge in [-0.05, 0) is 25.7 Å². The van der Waals surface area contributed by atoms with Gasteiger partial charge in [-0.1, -0.05) is 0 Å². The van der Waals surface area contributed by atoms with Crippen molar-refractivity contribution in [2.75, 3.05) is 32.9 Å². The molecule has 0 bridgehead atoms. The first-order valence-electron chi connectivity index (χ1n) is 7.82. The van der Waals surface area contributed by atoms with Gasteiger partial charge in [0.05, 0.1) is 42.8 Å². The van der Waals surface area contributed by atoms with Gasteiger partial charge >= 0.3 is 0 Å². The molecule has 2 saturated heterocycles. The third-order valence-corrected chi connectivity index (χ3v) is 5.04. The molecule has 3 heterocycles. The quantitative estimate of drug-likeness (QED) is 0.892. The summed E-state index contributed by atoms with van der Waals surface area (Å²) in [5.41, 5.74) is 1.59. The molecule has 114 valence electrons. The van der Waals surface area contributed by atoms with Crippen molar-refractivity contribution in [3.8, 4) is 0 Å². The Labute approximate surface area is 123 Å². The van der Waals surface area contributed by atoms with Crippen LogP contribution in [0, 0.1) is 0 Å². The molecular formula is C15H21N3O3. The number of rotatable bonds is 2. The standard InChI is InChI=1S/C15H21N3O3/c19-14(18-5-7-21-15(10-18)3-1-4-15)12-8-16-17-13(12)11-2-6-20-9-11/h8,11H,1-7,9-10H2,(H,16,17). The SMILES string of the molecule is O=C(c1cn[nH]c1C1CCOC1)N1CCOC2(CCC2)C1. The van der Waals surface area contributed by atoms with Crippen molar-refractivity contribution in [2.45, 2.75) is 37.2 Å². The number of amides is 1. The normalized spacial score (nSPS) is 27.8. The minimum Gasteiger partial charge on any atom is -0.381 e. The van der Waals surface area contributed by atoms with Crippen LogP contribution in [-0.4, -0.2) is 59.5 Å². The molecule has 1 aromatic heterocycles. The Balaban J connectivity index is 1.53. The number of ether oxygens (including phenoxy) is 2. The van der Waals surface area contributed by atoms with Crippen LogP contribution in [0.3, 0.4) is 0 Å². The van der Waals surface area contributed by atoms with E-state index >= 15 is 0 Å². The summed E-state index contributed by atoms with van der Waals surface area (Å²) >= 11 is 0. The number of nitrogens with one attached hydrogen (secondary N) is 1. The number of H-pyrrole nitrogens is 1. The summed E-state index contributed by atoms with van der Waals surface area (Å²) in [6.07, 6.45) is 5.98. The minimum atomic E-state index is -0.0612. The fourth-order valence-electron chi connectivity index (χ4n) is 3.60. The Bertz CT molecular complexity index is 532. The summed E-state index contributed by atoms with van der Waals surface area (Å²) in [5.74, 6) is 0.352. The molecule has 6 heteroatoms. The van der Waals surface area contributed by atoms with Gasteiger partial charge in [-0.2, -0.15) is 5.10 Å². The van der Waals surface area contributed by atoms with Gasteiger partial charge in [0.25, 0.3) is 5.91 Å². The van der Waals surface area contributed by atoms with E-state index in [-0.39, 0.29) is 17.4 Å². The molecule has 2 aliphatic heterocycles. The molecule has 0 radical (unpaired) electrons. The van der Waals surface area contributed by atoms with E-state index in [9.17, 15) is 4.79 Å². The number of morpholine rings is 1. The van der Waals surface area contributed by atoms with Crippen molar-refractivity contribution in [2.24, 2.45) is 0 Å². The van der Waals surface area contributed by atoms with Crippen LogP contribution in [0.5, 0.6) is 0 Å². The highest BCUT2D eigenvalue weighted by Crippen LogP contribution is 2.38. The van der Waals surface area contributed by atoms with Gasteiger partial charge in [0.1, 0.15) is 0 Å². The first-order chi connectivity index (χ1) is 10.3. The highest BCUT2D eigenvalue weighted by Gasteiger charge is 2.43. The number of hydrogen-bond acceptors (Lipinski definition) is 4. The molecule has 1 N–H and O–H groups in total. The molecule has 21 heavy (non-hydrogen) atoms. The highest BCUT2D eigenvalue weighted by atomic mass is 16.5. The zero-order valence-corrected chi connectivity index (χ0v) is 12.1. The zero-order chi connectivity index (χ0) is 14.3. The molecule has 1 spiro atoms. The van der Waals surface area contributed by atoms with E-state index in [1.807, 2.05) is 4.90 Å². The van der Waals surface area contributed by atoms with E-state index in [2.05, 4.69) is 10.2 Å². The minimum absolute atomic E-state index is 0.0612. The van der Waals surface area contributed by atoms with Crippen LogP contribution in [0.4, 0.5) is 0 Å². The van der Waals surface area contributed by atoms with Crippen LogP contribution in [-0.2, 0) is 9.47 Å². The highest BCUT2D eigenvalue weighted by molar-refractivity contribution is 5.95. The van der Waals surface area contributed by atoms with Gasteiger partial charge in [0, 0.05) is 19.1 Å². The zero-order valence-electron chi connectivity index (χ0n) is 12.1. The second-order valence-corrected chi connectivity index (χ2v) is 6.37. The maximum atomic E-state index is 12.8. The lowest BCUT2D eigenvalue weighted by molar-refractivity contribution is -0.142. The van der Waals surface area contributed by atoms with E-state index in [1.54, 1.807) is 6.20 Å². The largest absolute Gasteiger partial charge is 0.381 e. The molecule has 1 aliphatic carbocycles. The smallest absolute Gasteiger partial charge is 0.257 e. The fraction of sp³-hybridized carbons (Fsp3) is 0.733. The lowest BCUT2D eigenvalue weighted by Gasteiger charge is -2.48. The molecular weight excluding hydrogens is 270 g/mol. The van der Waals surface area contributed by atoms with E-state index in [1.165, 1.54) is 6.42 Å². The lowest BCUT2D eigenvalue weighted by Crippen LogP contribution is -2.57. The summed E-state index contributed by atoms with van der Waals surface area (Å²) in [7, 11) is 0. The molecule has 1 saturated carbocycles. The van der Waals surface area contributed by atoms with Crippen LogP contribution in [0.25, 0.3) is 0 Å². The first kappa shape index (κ1) is 13.3. The molecule has 4 rings (SSSR count). The van der Waals surface area contributed by atoms with E-state index in [4.69, 9.17) is 9.47 Å². The number of aromatic amines is 1. The summed E-state index contributed by atoms with van der Waals surface area (Å²) in [6.45, 7) is 3.48. The number of carbonyl (C=O) groups excluding carboxylic acids is 1. The predicted molar refractivity (Wildman–Crippen MR) is 75.2 cm³/mol. The molecule has 1 amide bonds. The Hall–Kier alpha value is -1.40. The van der Waals surface area contributed by atoms with Crippen molar-refractivity contribution < 1.29 is 14.3 Å². The Morgan fingerprint density at radius 2 is 2.33 bits per heavy atom. The van der Waals surface area contributed by atoms with Gasteiger partial charge in [-0.25, -0.2) is 0 Å². The monoisotopic (exact) mass is 291 g/mol. The van der Waals surface area contributed by atoms with Gasteiger partial charge in [-0.15, -0.1) is 0 Å². The number of nitrogens with zero attached hydrogens (tertiary/aromatic N) is 2. The summed E-state index contributed by atoms with van der Waals surface area (Å²) < 4.78 is 11.3. The molecule has 3 aliphatic rings. The molecule has 6 nitrogen and oxygen atoms in total. The third kappa shape index (κ3) is 2.26. The summed E-state index contributed by atoms with van der Waals surface area (Å²) in [5, 5.41) is 7.10. The first-order valence-corrected chi connectivity index (χ1v) is 7.82. The van der Waals surface area contributed by atoms with E-state index in [0.29, 0.717) is 25.3 Å². The van der Waals surface area contributed by atoms with E-state index < -0.39 is 0 Å². The van der Waals surface area contributed by atoms with Crippen LogP contribution in [0.2, 0.25) is 0 Å². The molecule has 0 aromatic carbocycles. The van der Waals surface area contributed by atoms with Crippen molar-refractivity contribution in [1.29, 1.82) is 0 Å². The van der Waals surface area contributed by atoms with Crippen molar-refractivity contribution in [1.82, 2.24) is 15.1 Å². The van der Waals surface area contributed by atoms with Gasteiger partial charge < -0.3 is 14.4 Å². The molecule has 1 unspecified atom stereocenters. The van der Waals surface area contributed by atoms with Crippen molar-refractivity contribution in [3.63, 3.8) is 0 Å². The van der Waals surface area contributed by atoms with Crippen molar-refractivity contribution in [3.05, 3.63) is 17.5 Å². The number of hydrogen-bond donors (Lipinski definition) is 1. The average Bonchev–Trinajstić information content (AvgIpc) is 3.15. The van der Waals surface area contributed by atoms with E-state index in [0.717, 1.165) is 38.1 Å². The molecule has 3 fully saturated rings. The van der Waals surface area contributed by atoms with Gasteiger partial charge in [-0.3, -0.25) is 9.89 Å². The van der Waals surface area contributed by atoms with Crippen LogP contribution in [0.1, 0.15) is 47.7 Å². The summed E-state index contributed by atoms with van der Waals surface area (Å²) in [4.78, 5) is 14.8. The van der Waals surface area contributed by atoms with Gasteiger partial charge in [0.15, 0.2) is 0 Å². The van der Waals surface area contributed by atoms with Crippen LogP contribution < -0.4 is 0 Å². The Morgan fingerprint density at radius 3 is 3.05 bits per heavy atom. The maximum Gasteiger partial charge on any atom is 0.257 e. The maximum absolute atomic E-state index is 12.8. The number of aromatic nitrogens is 2. The average molecular weight is 291 g/mol. The molecule has 1 atom stereocenters. The van der Waals surface area contributed by atoms with Gasteiger partial charge in [0.2, 0.25) is 0 Å². The second kappa shape index (κ2) is 5.10. The fourth-order valence-corrected chi connectivity index (χ4v) is 3.60. The predicted octanol–water partition coefficient (Wildman–Crippen LogP) is 1.31. The lowest BCUT2D eigenvalue weighted by atomic mass is 9.78. The number of carbonyl (C=O) groups is 1. The van der Waals surface area contributed by atoms with Crippen molar-refractivity contribution >= 4 is 5.91 Å². The third-order valence-electron chi connectivity index (χ3n) is 5.04. The second-order valence-electron chi connectivity index (χ2n) is 6.37. The molecule has 1 aromatic rings. The topological polar surface area (TPSA) is 67.5 Å². The van der Waals surface area contributed by atoms with Crippen LogP contribution in [0.15, 0.2) is 6.20 Å². The summed E-state index contributed by atoms with van der Waals surface area (Å²) in [6, 6.07) is 0. The van der Waals surface area contributed by atoms with Crippen LogP contribution >= 0.6 is 0 Å². The Kier molecular flexibility index (Phi) is 3.23.